The van der Waals surface area contributed by atoms with E-state index in [-0.39, 0.29) is 30.0 Å². The summed E-state index contributed by atoms with van der Waals surface area (Å²) in [6.45, 7) is 3.16. The average molecular weight is 286 g/mol. The summed E-state index contributed by atoms with van der Waals surface area (Å²) in [7, 11) is 1.73. The highest BCUT2D eigenvalue weighted by molar-refractivity contribution is 5.96. The number of hydrogen-bond acceptors (Lipinski definition) is 4. The molecule has 6 nitrogen and oxygen atoms in total. The lowest BCUT2D eigenvalue weighted by atomic mass is 10.0. The number of amides is 1. The van der Waals surface area contributed by atoms with Gasteiger partial charge in [-0.05, 0) is 13.0 Å². The van der Waals surface area contributed by atoms with Crippen LogP contribution in [0.25, 0.3) is 0 Å². The summed E-state index contributed by atoms with van der Waals surface area (Å²) in [4.78, 5) is 24.3. The van der Waals surface area contributed by atoms with Crippen molar-refractivity contribution in [1.82, 2.24) is 10.2 Å². The van der Waals surface area contributed by atoms with Gasteiger partial charge < -0.3 is 10.2 Å². The van der Waals surface area contributed by atoms with E-state index < -0.39 is 4.92 Å². The molecular weight excluding hydrogens is 270 g/mol. The number of nitrogens with zero attached hydrogens (tertiary/aromatic N) is 2. The molecule has 0 spiro atoms. The number of hydrogen-bond donors (Lipinski definition) is 1. The Morgan fingerprint density at radius 3 is 2.58 bits per heavy atom. The number of nitro benzene ring substituents is 1. The molecule has 0 atom stereocenters. The maximum Gasteiger partial charge on any atom is 0.273 e. The molecule has 1 aromatic carbocycles. The zero-order chi connectivity index (χ0) is 13.3. The predicted octanol–water partition coefficient (Wildman–Crippen LogP) is 1.37. The van der Waals surface area contributed by atoms with E-state index in [4.69, 9.17) is 0 Å². The Balaban J connectivity index is 0.00000180. The molecule has 1 N–H and O–H groups in total. The molecule has 2 rings (SSSR count). The van der Waals surface area contributed by atoms with Gasteiger partial charge in [-0.1, -0.05) is 6.07 Å². The molecule has 0 unspecified atom stereocenters. The van der Waals surface area contributed by atoms with Gasteiger partial charge in [-0.3, -0.25) is 14.9 Å². The van der Waals surface area contributed by atoms with Gasteiger partial charge in [0.25, 0.3) is 11.6 Å². The largest absolute Gasteiger partial charge is 0.336 e. The molecule has 19 heavy (non-hydrogen) atoms. The standard InChI is InChI=1S/C12H15N3O3.ClH/c1-8-10(4-3-5-11(8)15(17)18)12(16)14(2)9-6-13-7-9;/h3-5,9,13H,6-7H2,1-2H3;1H. The predicted molar refractivity (Wildman–Crippen MR) is 73.8 cm³/mol. The van der Waals surface area contributed by atoms with Crippen molar-refractivity contribution in [1.29, 1.82) is 0 Å². The van der Waals surface area contributed by atoms with Crippen molar-refractivity contribution < 1.29 is 9.72 Å². The third-order valence-corrected chi connectivity index (χ3v) is 3.36. The van der Waals surface area contributed by atoms with Gasteiger partial charge in [0, 0.05) is 37.3 Å². The molecule has 1 saturated heterocycles. The van der Waals surface area contributed by atoms with E-state index in [0.29, 0.717) is 11.1 Å². The van der Waals surface area contributed by atoms with Crippen molar-refractivity contribution in [2.45, 2.75) is 13.0 Å². The van der Waals surface area contributed by atoms with Crippen molar-refractivity contribution in [3.05, 3.63) is 39.4 Å². The van der Waals surface area contributed by atoms with E-state index in [9.17, 15) is 14.9 Å². The van der Waals surface area contributed by atoms with Crippen molar-refractivity contribution in [3.63, 3.8) is 0 Å². The summed E-state index contributed by atoms with van der Waals surface area (Å²) >= 11 is 0. The Morgan fingerprint density at radius 2 is 2.11 bits per heavy atom. The molecule has 0 aliphatic carbocycles. The molecule has 0 aromatic heterocycles. The normalized spacial score (nSPS) is 14.2. The molecule has 1 amide bonds. The van der Waals surface area contributed by atoms with Gasteiger partial charge in [-0.2, -0.15) is 0 Å². The first-order chi connectivity index (χ1) is 8.52. The summed E-state index contributed by atoms with van der Waals surface area (Å²) < 4.78 is 0. The fourth-order valence-electron chi connectivity index (χ4n) is 1.96. The maximum absolute atomic E-state index is 12.3. The molecular formula is C12H16ClN3O3. The highest BCUT2D eigenvalue weighted by Gasteiger charge is 2.28. The second-order valence-corrected chi connectivity index (χ2v) is 4.43. The molecule has 104 valence electrons. The highest BCUT2D eigenvalue weighted by Crippen LogP contribution is 2.22. The fraction of sp³-hybridized carbons (Fsp3) is 0.417. The summed E-state index contributed by atoms with van der Waals surface area (Å²) in [6, 6.07) is 4.77. The molecule has 1 heterocycles. The Morgan fingerprint density at radius 1 is 1.47 bits per heavy atom. The summed E-state index contributed by atoms with van der Waals surface area (Å²) in [5.74, 6) is -0.164. The van der Waals surface area contributed by atoms with Gasteiger partial charge in [0.1, 0.15) is 0 Å². The van der Waals surface area contributed by atoms with Crippen LogP contribution in [0.3, 0.4) is 0 Å². The van der Waals surface area contributed by atoms with Gasteiger partial charge in [-0.25, -0.2) is 0 Å². The van der Waals surface area contributed by atoms with E-state index in [1.165, 1.54) is 6.07 Å². The zero-order valence-corrected chi connectivity index (χ0v) is 11.6. The van der Waals surface area contributed by atoms with Crippen LogP contribution in [0.15, 0.2) is 18.2 Å². The van der Waals surface area contributed by atoms with Crippen molar-refractivity contribution >= 4 is 24.0 Å². The lowest BCUT2D eigenvalue weighted by Crippen LogP contribution is -2.57. The second kappa shape index (κ2) is 5.99. The van der Waals surface area contributed by atoms with Crippen molar-refractivity contribution in [3.8, 4) is 0 Å². The summed E-state index contributed by atoms with van der Waals surface area (Å²) in [5.41, 5.74) is 0.811. The monoisotopic (exact) mass is 285 g/mol. The second-order valence-electron chi connectivity index (χ2n) is 4.43. The fourth-order valence-corrected chi connectivity index (χ4v) is 1.96. The number of carbonyl (C=O) groups excluding carboxylic acids is 1. The Hall–Kier alpha value is -1.66. The Bertz CT molecular complexity index is 503. The summed E-state index contributed by atoms with van der Waals surface area (Å²) in [6.07, 6.45) is 0. The van der Waals surface area contributed by atoms with Crippen LogP contribution < -0.4 is 5.32 Å². The number of nitro groups is 1. The van der Waals surface area contributed by atoms with Crippen LogP contribution in [0.2, 0.25) is 0 Å². The van der Waals surface area contributed by atoms with E-state index in [0.717, 1.165) is 13.1 Å². The molecule has 1 aromatic rings. The van der Waals surface area contributed by atoms with E-state index in [1.807, 2.05) is 0 Å². The lowest BCUT2D eigenvalue weighted by Gasteiger charge is -2.35. The topological polar surface area (TPSA) is 75.5 Å². The van der Waals surface area contributed by atoms with Gasteiger partial charge in [-0.15, -0.1) is 12.4 Å². The molecule has 1 aliphatic rings. The molecule has 1 fully saturated rings. The Kier molecular flexibility index (Phi) is 4.85. The zero-order valence-electron chi connectivity index (χ0n) is 10.8. The number of rotatable bonds is 3. The highest BCUT2D eigenvalue weighted by atomic mass is 35.5. The lowest BCUT2D eigenvalue weighted by molar-refractivity contribution is -0.385. The first-order valence-electron chi connectivity index (χ1n) is 5.74. The minimum absolute atomic E-state index is 0. The van der Waals surface area contributed by atoms with Gasteiger partial charge in [0.05, 0.1) is 11.0 Å². The first kappa shape index (κ1) is 15.4. The SMILES string of the molecule is Cc1c(C(=O)N(C)C2CNC2)cccc1[N+](=O)[O-].Cl. The molecule has 0 saturated carbocycles. The Labute approximate surface area is 117 Å². The average Bonchev–Trinajstić information content (AvgIpc) is 2.25. The van der Waals surface area contributed by atoms with Crippen LogP contribution >= 0.6 is 12.4 Å². The van der Waals surface area contributed by atoms with Crippen LogP contribution in [0.5, 0.6) is 0 Å². The first-order valence-corrected chi connectivity index (χ1v) is 5.74. The van der Waals surface area contributed by atoms with Gasteiger partial charge >= 0.3 is 0 Å². The number of carbonyl (C=O) groups is 1. The molecule has 1 aliphatic heterocycles. The minimum atomic E-state index is -0.461. The number of likely N-dealkylation sites (N-methyl/N-ethyl adjacent to an activating group) is 1. The van der Waals surface area contributed by atoms with Crippen molar-refractivity contribution in [2.24, 2.45) is 0 Å². The third kappa shape index (κ3) is 2.85. The quantitative estimate of drug-likeness (QED) is 0.672. The minimum Gasteiger partial charge on any atom is -0.336 e. The van der Waals surface area contributed by atoms with Crippen LogP contribution in [-0.2, 0) is 0 Å². The number of nitrogens with one attached hydrogen (secondary N) is 1. The van der Waals surface area contributed by atoms with Crippen LogP contribution in [0.4, 0.5) is 5.69 Å². The van der Waals surface area contributed by atoms with Crippen molar-refractivity contribution in [2.75, 3.05) is 20.1 Å². The van der Waals surface area contributed by atoms with Crippen LogP contribution in [-0.4, -0.2) is 41.9 Å². The van der Waals surface area contributed by atoms with E-state index >= 15 is 0 Å². The number of benzene rings is 1. The van der Waals surface area contributed by atoms with Gasteiger partial charge in [0.15, 0.2) is 0 Å². The van der Waals surface area contributed by atoms with Crippen LogP contribution in [0.1, 0.15) is 15.9 Å². The van der Waals surface area contributed by atoms with E-state index in [2.05, 4.69) is 5.32 Å². The smallest absolute Gasteiger partial charge is 0.273 e. The van der Waals surface area contributed by atoms with Crippen LogP contribution in [0, 0.1) is 17.0 Å². The summed E-state index contributed by atoms with van der Waals surface area (Å²) in [5, 5.41) is 13.9. The molecule has 0 radical (unpaired) electrons. The number of halogens is 1. The van der Waals surface area contributed by atoms with E-state index in [1.54, 1.807) is 31.0 Å². The molecule has 0 bridgehead atoms. The maximum atomic E-state index is 12.3. The third-order valence-electron chi connectivity index (χ3n) is 3.36. The van der Waals surface area contributed by atoms with Gasteiger partial charge in [0.2, 0.25) is 0 Å². The molecule has 7 heteroatoms.